The summed E-state index contributed by atoms with van der Waals surface area (Å²) in [5.74, 6) is 0.851. The van der Waals surface area contributed by atoms with Crippen LogP contribution in [0.1, 0.15) is 18.1 Å². The van der Waals surface area contributed by atoms with Gasteiger partial charge in [0, 0.05) is 17.4 Å². The number of carbonyl (C=O) groups excluding carboxylic acids is 1. The van der Waals surface area contributed by atoms with E-state index in [1.165, 1.54) is 24.0 Å². The van der Waals surface area contributed by atoms with Crippen LogP contribution in [0.5, 0.6) is 11.5 Å². The fourth-order valence-corrected chi connectivity index (χ4v) is 2.90. The number of nitrogens with zero attached hydrogens (tertiary/aromatic N) is 2. The monoisotopic (exact) mass is 420 g/mol. The van der Waals surface area contributed by atoms with Gasteiger partial charge in [-0.2, -0.15) is 5.10 Å². The summed E-state index contributed by atoms with van der Waals surface area (Å²) in [6.07, 6.45) is 1.47. The molecule has 0 radical (unpaired) electrons. The van der Waals surface area contributed by atoms with Gasteiger partial charge in [-0.1, -0.05) is 53.7 Å². The van der Waals surface area contributed by atoms with Crippen LogP contribution in [-0.4, -0.2) is 30.5 Å². The van der Waals surface area contributed by atoms with Crippen molar-refractivity contribution in [1.29, 1.82) is 0 Å². The lowest BCUT2D eigenvalue weighted by atomic mass is 10.2. The van der Waals surface area contributed by atoms with Gasteiger partial charge in [-0.05, 0) is 18.6 Å². The molecule has 0 saturated heterocycles. The summed E-state index contributed by atoms with van der Waals surface area (Å²) < 4.78 is 10.8. The van der Waals surface area contributed by atoms with Crippen LogP contribution < -0.4 is 20.9 Å². The molecule has 0 heterocycles. The number of primary amides is 1. The van der Waals surface area contributed by atoms with Gasteiger partial charge in [-0.25, -0.2) is 0 Å². The zero-order valence-corrected chi connectivity index (χ0v) is 16.9. The number of amidine groups is 1. The first-order chi connectivity index (χ1) is 13.5. The molecule has 1 amide bonds. The lowest BCUT2D eigenvalue weighted by molar-refractivity contribution is -0.119. The Labute approximate surface area is 172 Å². The van der Waals surface area contributed by atoms with E-state index in [1.807, 2.05) is 37.3 Å². The lowest BCUT2D eigenvalue weighted by Gasteiger charge is -2.12. The highest BCUT2D eigenvalue weighted by Crippen LogP contribution is 2.33. The summed E-state index contributed by atoms with van der Waals surface area (Å²) in [5.41, 5.74) is 12.7. The molecular weight excluding hydrogens is 400 g/mol. The molecule has 2 aromatic rings. The minimum Gasteiger partial charge on any atom is -0.490 e. The zero-order valence-electron chi connectivity index (χ0n) is 15.3. The normalized spacial score (nSPS) is 11.6. The van der Waals surface area contributed by atoms with Crippen LogP contribution in [0.3, 0.4) is 0 Å². The maximum Gasteiger partial charge on any atom is 0.255 e. The third-order valence-electron chi connectivity index (χ3n) is 3.32. The summed E-state index contributed by atoms with van der Waals surface area (Å²) >= 11 is 7.63. The smallest absolute Gasteiger partial charge is 0.255 e. The van der Waals surface area contributed by atoms with Gasteiger partial charge in [-0.3, -0.25) is 4.79 Å². The van der Waals surface area contributed by atoms with Crippen LogP contribution in [0.15, 0.2) is 52.7 Å². The number of rotatable bonds is 9. The summed E-state index contributed by atoms with van der Waals surface area (Å²) in [6, 6.07) is 13.1. The van der Waals surface area contributed by atoms with E-state index in [0.717, 1.165) is 5.56 Å². The molecular formula is C19H21ClN4O3S. The van der Waals surface area contributed by atoms with Gasteiger partial charge >= 0.3 is 0 Å². The second-order valence-corrected chi connectivity index (χ2v) is 6.87. The Balaban J connectivity index is 2.06. The van der Waals surface area contributed by atoms with Gasteiger partial charge in [-0.15, -0.1) is 5.10 Å². The van der Waals surface area contributed by atoms with Gasteiger partial charge in [0.15, 0.2) is 23.3 Å². The van der Waals surface area contributed by atoms with E-state index in [0.29, 0.717) is 39.6 Å². The molecule has 0 aromatic heterocycles. The van der Waals surface area contributed by atoms with Crippen LogP contribution in [0.25, 0.3) is 0 Å². The molecule has 4 N–H and O–H groups in total. The molecule has 148 valence electrons. The van der Waals surface area contributed by atoms with Crippen molar-refractivity contribution in [3.05, 3.63) is 58.6 Å². The first-order valence-corrected chi connectivity index (χ1v) is 9.76. The Morgan fingerprint density at radius 3 is 2.57 bits per heavy atom. The first kappa shape index (κ1) is 21.6. The molecule has 0 unspecified atom stereocenters. The third-order valence-corrected chi connectivity index (χ3v) is 4.50. The van der Waals surface area contributed by atoms with Crippen molar-refractivity contribution >= 4 is 40.7 Å². The Morgan fingerprint density at radius 2 is 1.89 bits per heavy atom. The Morgan fingerprint density at radius 1 is 1.18 bits per heavy atom. The molecule has 28 heavy (non-hydrogen) atoms. The second-order valence-electron chi connectivity index (χ2n) is 5.47. The van der Waals surface area contributed by atoms with Crippen molar-refractivity contribution in [3.8, 4) is 11.5 Å². The highest BCUT2D eigenvalue weighted by Gasteiger charge is 2.11. The largest absolute Gasteiger partial charge is 0.490 e. The molecule has 0 fully saturated rings. The number of benzene rings is 2. The zero-order chi connectivity index (χ0) is 20.4. The van der Waals surface area contributed by atoms with Crippen molar-refractivity contribution in [3.63, 3.8) is 0 Å². The maximum absolute atomic E-state index is 10.9. The van der Waals surface area contributed by atoms with E-state index >= 15 is 0 Å². The van der Waals surface area contributed by atoms with Gasteiger partial charge in [0.25, 0.3) is 5.91 Å². The molecule has 7 nitrogen and oxygen atoms in total. The van der Waals surface area contributed by atoms with Crippen LogP contribution in [0, 0.1) is 0 Å². The van der Waals surface area contributed by atoms with Crippen molar-refractivity contribution in [1.82, 2.24) is 0 Å². The molecule has 0 aliphatic carbocycles. The molecule has 2 aromatic carbocycles. The number of amides is 1. The summed E-state index contributed by atoms with van der Waals surface area (Å²) in [6.45, 7) is 1.96. The number of hydrogen-bond donors (Lipinski definition) is 2. The van der Waals surface area contributed by atoms with E-state index < -0.39 is 5.91 Å². The highest BCUT2D eigenvalue weighted by atomic mass is 35.5. The van der Waals surface area contributed by atoms with Crippen LogP contribution >= 0.6 is 23.4 Å². The van der Waals surface area contributed by atoms with E-state index in [-0.39, 0.29) is 6.61 Å². The van der Waals surface area contributed by atoms with Crippen molar-refractivity contribution in [2.45, 2.75) is 12.7 Å². The fourth-order valence-electron chi connectivity index (χ4n) is 2.09. The summed E-state index contributed by atoms with van der Waals surface area (Å²) in [5, 5.41) is 8.64. The molecule has 2 rings (SSSR count). The van der Waals surface area contributed by atoms with E-state index in [1.54, 1.807) is 6.07 Å². The van der Waals surface area contributed by atoms with Gasteiger partial charge < -0.3 is 20.9 Å². The standard InChI is InChI=1S/C19H21ClN4O3S/c1-2-26-16-8-14(15(20)9-17(16)27-11-18(21)25)10-23-24-19(22)28-12-13-6-4-3-5-7-13/h3-10H,2,11-12H2,1H3,(H2,21,25)(H2,22,24). The Bertz CT molecular complexity index is 860. The average Bonchev–Trinajstić information content (AvgIpc) is 2.68. The number of hydrogen-bond acceptors (Lipinski definition) is 6. The van der Waals surface area contributed by atoms with Crippen molar-refractivity contribution < 1.29 is 14.3 Å². The summed E-state index contributed by atoms with van der Waals surface area (Å²) in [4.78, 5) is 10.9. The van der Waals surface area contributed by atoms with E-state index in [4.69, 9.17) is 32.5 Å². The third kappa shape index (κ3) is 7.13. The molecule has 9 heteroatoms. The lowest BCUT2D eigenvalue weighted by Crippen LogP contribution is -2.20. The van der Waals surface area contributed by atoms with Crippen molar-refractivity contribution in [2.75, 3.05) is 13.2 Å². The first-order valence-electron chi connectivity index (χ1n) is 8.40. The van der Waals surface area contributed by atoms with Crippen molar-refractivity contribution in [2.24, 2.45) is 21.7 Å². The molecule has 0 atom stereocenters. The van der Waals surface area contributed by atoms with Gasteiger partial charge in [0.05, 0.1) is 17.8 Å². The summed E-state index contributed by atoms with van der Waals surface area (Å²) in [7, 11) is 0. The SMILES string of the molecule is CCOc1cc(C=NN=C(N)SCc2ccccc2)c(Cl)cc1OCC(N)=O. The number of ether oxygens (including phenoxy) is 2. The molecule has 0 spiro atoms. The van der Waals surface area contributed by atoms with E-state index in [9.17, 15) is 4.79 Å². The molecule has 0 saturated carbocycles. The number of nitrogens with two attached hydrogens (primary N) is 2. The van der Waals surface area contributed by atoms with Gasteiger partial charge in [0.2, 0.25) is 0 Å². The quantitative estimate of drug-likeness (QED) is 0.367. The molecule has 0 bridgehead atoms. The highest BCUT2D eigenvalue weighted by molar-refractivity contribution is 8.13. The Kier molecular flexibility index (Phi) is 8.64. The predicted molar refractivity (Wildman–Crippen MR) is 114 cm³/mol. The molecule has 0 aliphatic heterocycles. The average molecular weight is 421 g/mol. The van der Waals surface area contributed by atoms with Gasteiger partial charge in [0.1, 0.15) is 0 Å². The van der Waals surface area contributed by atoms with Crippen LogP contribution in [0.4, 0.5) is 0 Å². The maximum atomic E-state index is 10.9. The topological polar surface area (TPSA) is 112 Å². The predicted octanol–water partition coefficient (Wildman–Crippen LogP) is 3.18. The molecule has 0 aliphatic rings. The van der Waals surface area contributed by atoms with Crippen LogP contribution in [0.2, 0.25) is 5.02 Å². The van der Waals surface area contributed by atoms with E-state index in [2.05, 4.69) is 10.2 Å². The number of halogens is 1. The van der Waals surface area contributed by atoms with Crippen LogP contribution in [-0.2, 0) is 10.5 Å². The minimum absolute atomic E-state index is 0.275. The minimum atomic E-state index is -0.595. The number of carbonyl (C=O) groups is 1. The fraction of sp³-hybridized carbons (Fsp3) is 0.211. The second kappa shape index (κ2) is 11.2. The number of thioether (sulfide) groups is 1. The Hall–Kier alpha value is -2.71.